The third-order valence-electron chi connectivity index (χ3n) is 3.54. The number of para-hydroxylation sites is 2. The number of aromatic nitrogens is 3. The molecule has 0 saturated heterocycles. The Labute approximate surface area is 152 Å². The van der Waals surface area contributed by atoms with E-state index < -0.39 is 0 Å². The monoisotopic (exact) mass is 370 g/mol. The Balaban J connectivity index is 1.38. The summed E-state index contributed by atoms with van der Waals surface area (Å²) in [6.45, 7) is 3.64. The van der Waals surface area contributed by atoms with Crippen LogP contribution in [0.5, 0.6) is 0 Å². The Morgan fingerprint density at radius 3 is 2.77 bits per heavy atom. The van der Waals surface area contributed by atoms with E-state index in [4.69, 9.17) is 13.3 Å². The van der Waals surface area contributed by atoms with E-state index in [2.05, 4.69) is 20.5 Å². The molecule has 132 valence electrons. The number of thioether (sulfide) groups is 1. The van der Waals surface area contributed by atoms with E-state index in [9.17, 15) is 4.79 Å². The summed E-state index contributed by atoms with van der Waals surface area (Å²) < 4.78 is 16.5. The normalized spacial score (nSPS) is 11.2. The summed E-state index contributed by atoms with van der Waals surface area (Å²) >= 11 is 1.19. The molecular weight excluding hydrogens is 356 g/mol. The van der Waals surface area contributed by atoms with Crippen LogP contribution in [0, 0.1) is 13.8 Å². The molecule has 4 aromatic rings. The molecule has 9 heteroatoms. The third kappa shape index (κ3) is 3.33. The number of benzene rings is 1. The number of anilines is 1. The molecule has 1 N–H and O–H groups in total. The van der Waals surface area contributed by atoms with Gasteiger partial charge in [0.15, 0.2) is 5.58 Å². The van der Waals surface area contributed by atoms with Crippen LogP contribution < -0.4 is 5.32 Å². The first kappa shape index (κ1) is 16.4. The fourth-order valence-corrected chi connectivity index (χ4v) is 3.06. The highest BCUT2D eigenvalue weighted by Crippen LogP contribution is 2.27. The molecule has 0 saturated carbocycles. The van der Waals surface area contributed by atoms with Crippen molar-refractivity contribution in [3.8, 4) is 11.5 Å². The third-order valence-corrected chi connectivity index (χ3v) is 4.37. The highest BCUT2D eigenvalue weighted by molar-refractivity contribution is 7.99. The summed E-state index contributed by atoms with van der Waals surface area (Å²) in [5.74, 6) is 1.52. The highest BCUT2D eigenvalue weighted by Gasteiger charge is 2.16. The number of rotatable bonds is 5. The Morgan fingerprint density at radius 1 is 1.15 bits per heavy atom. The Kier molecular flexibility index (Phi) is 4.21. The van der Waals surface area contributed by atoms with Crippen molar-refractivity contribution in [1.29, 1.82) is 0 Å². The Bertz CT molecular complexity index is 1050. The van der Waals surface area contributed by atoms with Crippen molar-refractivity contribution in [2.75, 3.05) is 11.1 Å². The van der Waals surface area contributed by atoms with Crippen molar-refractivity contribution < 1.29 is 18.0 Å². The molecule has 3 aromatic heterocycles. The van der Waals surface area contributed by atoms with E-state index in [-0.39, 0.29) is 17.7 Å². The van der Waals surface area contributed by atoms with Gasteiger partial charge in [-0.1, -0.05) is 29.0 Å². The molecule has 0 aliphatic rings. The number of hydrogen-bond donors (Lipinski definition) is 1. The van der Waals surface area contributed by atoms with Crippen LogP contribution in [0.2, 0.25) is 0 Å². The van der Waals surface area contributed by atoms with Gasteiger partial charge in [-0.2, -0.15) is 0 Å². The second kappa shape index (κ2) is 6.68. The maximum atomic E-state index is 12.1. The van der Waals surface area contributed by atoms with Crippen LogP contribution in [0.25, 0.3) is 22.6 Å². The fourth-order valence-electron chi connectivity index (χ4n) is 2.42. The number of hydrogen-bond acceptors (Lipinski definition) is 8. The zero-order valence-corrected chi connectivity index (χ0v) is 14.8. The summed E-state index contributed by atoms with van der Waals surface area (Å²) in [5.41, 5.74) is 2.14. The van der Waals surface area contributed by atoms with Gasteiger partial charge in [0, 0.05) is 0 Å². The van der Waals surface area contributed by atoms with Gasteiger partial charge in [-0.25, -0.2) is 4.98 Å². The van der Waals surface area contributed by atoms with Gasteiger partial charge in [-0.15, -0.1) is 5.10 Å². The van der Waals surface area contributed by atoms with Crippen LogP contribution >= 0.6 is 11.8 Å². The molecule has 0 aliphatic heterocycles. The lowest BCUT2D eigenvalue weighted by atomic mass is 10.2. The molecule has 4 rings (SSSR count). The topological polar surface area (TPSA) is 107 Å². The molecule has 26 heavy (non-hydrogen) atoms. The predicted octanol–water partition coefficient (Wildman–Crippen LogP) is 3.82. The van der Waals surface area contributed by atoms with Crippen LogP contribution in [0.15, 0.2) is 48.8 Å². The molecule has 3 heterocycles. The number of aryl methyl sites for hydroxylation is 2. The maximum absolute atomic E-state index is 12.1. The van der Waals surface area contributed by atoms with Crippen molar-refractivity contribution in [3.05, 3.63) is 41.9 Å². The van der Waals surface area contributed by atoms with Gasteiger partial charge < -0.3 is 13.3 Å². The molecule has 0 spiro atoms. The van der Waals surface area contributed by atoms with Gasteiger partial charge in [-0.3, -0.25) is 10.1 Å². The minimum atomic E-state index is -0.299. The summed E-state index contributed by atoms with van der Waals surface area (Å²) in [6.07, 6.45) is 0. The number of fused-ring (bicyclic) bond motifs is 1. The summed E-state index contributed by atoms with van der Waals surface area (Å²) in [5, 5.41) is 10.8. The van der Waals surface area contributed by atoms with Crippen LogP contribution in [-0.2, 0) is 4.79 Å². The van der Waals surface area contributed by atoms with E-state index in [0.717, 1.165) is 11.3 Å². The first-order valence-electron chi connectivity index (χ1n) is 7.77. The van der Waals surface area contributed by atoms with Gasteiger partial charge in [-0.05, 0) is 32.0 Å². The van der Waals surface area contributed by atoms with Crippen LogP contribution in [-0.4, -0.2) is 26.8 Å². The van der Waals surface area contributed by atoms with E-state index in [1.54, 1.807) is 6.07 Å². The molecule has 0 fully saturated rings. The van der Waals surface area contributed by atoms with Gasteiger partial charge in [0.05, 0.1) is 11.3 Å². The van der Waals surface area contributed by atoms with Crippen molar-refractivity contribution in [1.82, 2.24) is 15.2 Å². The second-order valence-electron chi connectivity index (χ2n) is 5.52. The molecule has 0 unspecified atom stereocenters. The number of nitrogens with zero attached hydrogens (tertiary/aromatic N) is 3. The number of amides is 1. The SMILES string of the molecule is Cc1cc(-c2nnc(NC(=O)CSc3nc4ccccc4o3)o2)c(C)o1. The molecule has 0 radical (unpaired) electrons. The molecule has 0 bridgehead atoms. The number of carbonyl (C=O) groups excluding carboxylic acids is 1. The summed E-state index contributed by atoms with van der Waals surface area (Å²) in [7, 11) is 0. The zero-order valence-electron chi connectivity index (χ0n) is 14.0. The number of furan rings is 1. The van der Waals surface area contributed by atoms with E-state index in [1.807, 2.05) is 38.1 Å². The van der Waals surface area contributed by atoms with Crippen molar-refractivity contribution in [3.63, 3.8) is 0 Å². The molecular formula is C17H14N4O4S. The quantitative estimate of drug-likeness (QED) is 0.528. The summed E-state index contributed by atoms with van der Waals surface area (Å²) in [4.78, 5) is 16.4. The van der Waals surface area contributed by atoms with Crippen LogP contribution in [0.4, 0.5) is 6.01 Å². The lowest BCUT2D eigenvalue weighted by Crippen LogP contribution is -2.14. The van der Waals surface area contributed by atoms with E-state index in [0.29, 0.717) is 28.0 Å². The molecule has 0 aliphatic carbocycles. The largest absolute Gasteiger partial charge is 0.466 e. The zero-order chi connectivity index (χ0) is 18.1. The van der Waals surface area contributed by atoms with Crippen LogP contribution in [0.3, 0.4) is 0 Å². The molecule has 0 atom stereocenters. The minimum absolute atomic E-state index is 0.0291. The molecule has 8 nitrogen and oxygen atoms in total. The standard InChI is InChI=1S/C17H14N4O4S/c1-9-7-11(10(2)23-9)15-20-21-16(25-15)19-14(22)8-26-17-18-12-5-3-4-6-13(12)24-17/h3-7H,8H2,1-2H3,(H,19,21,22). The smallest absolute Gasteiger partial charge is 0.322 e. The van der Waals surface area contributed by atoms with Crippen molar-refractivity contribution in [2.24, 2.45) is 0 Å². The lowest BCUT2D eigenvalue weighted by molar-refractivity contribution is -0.113. The maximum Gasteiger partial charge on any atom is 0.322 e. The first-order chi connectivity index (χ1) is 12.6. The number of oxazole rings is 1. The first-order valence-corrected chi connectivity index (χ1v) is 8.76. The average Bonchev–Trinajstić information content (AvgIpc) is 3.31. The average molecular weight is 370 g/mol. The van der Waals surface area contributed by atoms with Crippen molar-refractivity contribution in [2.45, 2.75) is 19.1 Å². The van der Waals surface area contributed by atoms with Crippen molar-refractivity contribution >= 4 is 34.8 Å². The lowest BCUT2D eigenvalue weighted by Gasteiger charge is -1.97. The second-order valence-corrected chi connectivity index (χ2v) is 6.45. The Hall–Kier alpha value is -3.07. The van der Waals surface area contributed by atoms with Crippen LogP contribution in [0.1, 0.15) is 11.5 Å². The predicted molar refractivity (Wildman–Crippen MR) is 94.8 cm³/mol. The van der Waals surface area contributed by atoms with E-state index >= 15 is 0 Å². The van der Waals surface area contributed by atoms with Gasteiger partial charge in [0.2, 0.25) is 5.91 Å². The summed E-state index contributed by atoms with van der Waals surface area (Å²) in [6, 6.07) is 9.25. The fraction of sp³-hybridized carbons (Fsp3) is 0.176. The minimum Gasteiger partial charge on any atom is -0.466 e. The Morgan fingerprint density at radius 2 is 2.00 bits per heavy atom. The molecule has 1 aromatic carbocycles. The molecule has 1 amide bonds. The number of carbonyl (C=O) groups is 1. The number of nitrogens with one attached hydrogen (secondary N) is 1. The highest BCUT2D eigenvalue weighted by atomic mass is 32.2. The van der Waals surface area contributed by atoms with Gasteiger partial charge >= 0.3 is 6.01 Å². The van der Waals surface area contributed by atoms with Gasteiger partial charge in [0.1, 0.15) is 17.0 Å². The van der Waals surface area contributed by atoms with Gasteiger partial charge in [0.25, 0.3) is 11.1 Å². The van der Waals surface area contributed by atoms with E-state index in [1.165, 1.54) is 11.8 Å².